The molecule has 98 valence electrons. The van der Waals surface area contributed by atoms with Crippen molar-refractivity contribution in [3.63, 3.8) is 0 Å². The van der Waals surface area contributed by atoms with Gasteiger partial charge in [0, 0.05) is 19.5 Å². The van der Waals surface area contributed by atoms with Gasteiger partial charge in [-0.05, 0) is 0 Å². The van der Waals surface area contributed by atoms with Gasteiger partial charge in [0.25, 0.3) is 10.0 Å². The molecule has 2 rings (SSSR count). The molecule has 0 saturated carbocycles. The van der Waals surface area contributed by atoms with E-state index in [9.17, 15) is 8.42 Å². The Morgan fingerprint density at radius 3 is 2.72 bits per heavy atom. The van der Waals surface area contributed by atoms with Crippen molar-refractivity contribution in [1.29, 1.82) is 0 Å². The van der Waals surface area contributed by atoms with Gasteiger partial charge in [0.15, 0.2) is 10.8 Å². The highest BCUT2D eigenvalue weighted by Gasteiger charge is 2.27. The number of rotatable bonds is 4. The summed E-state index contributed by atoms with van der Waals surface area (Å²) < 4.78 is 27.2. The molecule has 2 aromatic heterocycles. The Bertz CT molecular complexity index is 612. The number of anilines is 1. The molecule has 2 heterocycles. The van der Waals surface area contributed by atoms with Crippen LogP contribution in [0.1, 0.15) is 5.69 Å². The van der Waals surface area contributed by atoms with Gasteiger partial charge in [-0.3, -0.25) is 0 Å². The van der Waals surface area contributed by atoms with Crippen molar-refractivity contribution in [3.05, 3.63) is 22.9 Å². The number of sulfonamides is 1. The Morgan fingerprint density at radius 1 is 1.50 bits per heavy atom. The molecule has 2 N–H and O–H groups in total. The van der Waals surface area contributed by atoms with Crippen LogP contribution in [-0.2, 0) is 23.6 Å². The van der Waals surface area contributed by atoms with Crippen LogP contribution in [0.3, 0.4) is 0 Å². The smallest absolute Gasteiger partial charge is 0.262 e. The van der Waals surface area contributed by atoms with Crippen molar-refractivity contribution in [2.75, 3.05) is 12.8 Å². The number of nitrogen functional groups attached to an aromatic ring is 1. The van der Waals surface area contributed by atoms with Crippen LogP contribution in [0.15, 0.2) is 22.2 Å². The van der Waals surface area contributed by atoms with E-state index in [1.54, 1.807) is 17.9 Å². The molecule has 0 bridgehead atoms. The van der Waals surface area contributed by atoms with Crippen LogP contribution in [0.2, 0.25) is 0 Å². The highest BCUT2D eigenvalue weighted by Crippen LogP contribution is 2.20. The molecular weight excluding hydrogens is 274 g/mol. The third kappa shape index (κ3) is 2.24. The van der Waals surface area contributed by atoms with Crippen molar-refractivity contribution in [2.24, 2.45) is 7.05 Å². The SMILES string of the molecule is CN(Cc1cscn1)S(=O)(=O)c1c(N)ncn1C. The maximum absolute atomic E-state index is 12.3. The molecule has 2 aromatic rings. The first kappa shape index (κ1) is 13.0. The lowest BCUT2D eigenvalue weighted by atomic mass is 10.5. The summed E-state index contributed by atoms with van der Waals surface area (Å²) in [7, 11) is -0.582. The largest absolute Gasteiger partial charge is 0.381 e. The predicted molar refractivity (Wildman–Crippen MR) is 68.4 cm³/mol. The fraction of sp³-hybridized carbons (Fsp3) is 0.333. The van der Waals surface area contributed by atoms with E-state index in [-0.39, 0.29) is 17.4 Å². The molecule has 0 aliphatic heterocycles. The van der Waals surface area contributed by atoms with Crippen LogP contribution in [0.4, 0.5) is 5.82 Å². The summed E-state index contributed by atoms with van der Waals surface area (Å²) >= 11 is 1.42. The van der Waals surface area contributed by atoms with Gasteiger partial charge in [0.1, 0.15) is 0 Å². The number of aromatic nitrogens is 3. The second kappa shape index (κ2) is 4.67. The van der Waals surface area contributed by atoms with E-state index in [1.165, 1.54) is 33.6 Å². The molecule has 0 atom stereocenters. The quantitative estimate of drug-likeness (QED) is 0.871. The molecule has 0 aromatic carbocycles. The predicted octanol–water partition coefficient (Wildman–Crippen LogP) is 0.279. The monoisotopic (exact) mass is 287 g/mol. The van der Waals surface area contributed by atoms with Gasteiger partial charge in [-0.25, -0.2) is 18.4 Å². The van der Waals surface area contributed by atoms with Crippen LogP contribution in [0, 0.1) is 0 Å². The second-order valence-electron chi connectivity index (χ2n) is 3.79. The summed E-state index contributed by atoms with van der Waals surface area (Å²) in [5, 5.41) is 1.80. The molecule has 7 nitrogen and oxygen atoms in total. The van der Waals surface area contributed by atoms with Crippen molar-refractivity contribution in [2.45, 2.75) is 11.6 Å². The Hall–Kier alpha value is -1.45. The van der Waals surface area contributed by atoms with Crippen molar-refractivity contribution in [3.8, 4) is 0 Å². The van der Waals surface area contributed by atoms with Gasteiger partial charge in [-0.15, -0.1) is 11.3 Å². The normalized spacial score (nSPS) is 12.2. The van der Waals surface area contributed by atoms with Gasteiger partial charge in [0.2, 0.25) is 0 Å². The third-order valence-electron chi connectivity index (χ3n) is 2.43. The van der Waals surface area contributed by atoms with Gasteiger partial charge in [-0.2, -0.15) is 4.31 Å². The van der Waals surface area contributed by atoms with Crippen molar-refractivity contribution in [1.82, 2.24) is 18.8 Å². The summed E-state index contributed by atoms with van der Waals surface area (Å²) in [5.41, 5.74) is 7.95. The average Bonchev–Trinajstić information content (AvgIpc) is 2.89. The average molecular weight is 287 g/mol. The van der Waals surface area contributed by atoms with Crippen molar-refractivity contribution >= 4 is 27.2 Å². The van der Waals surface area contributed by atoms with E-state index in [4.69, 9.17) is 5.73 Å². The zero-order valence-electron chi connectivity index (χ0n) is 9.94. The first-order valence-corrected chi connectivity index (χ1v) is 7.41. The maximum atomic E-state index is 12.3. The minimum absolute atomic E-state index is 0.000213. The number of aryl methyl sites for hydroxylation is 1. The molecule has 0 fully saturated rings. The first-order valence-electron chi connectivity index (χ1n) is 5.03. The van der Waals surface area contributed by atoms with Crippen molar-refractivity contribution < 1.29 is 8.42 Å². The summed E-state index contributed by atoms with van der Waals surface area (Å²) in [5.74, 6) is 0.00243. The van der Waals surface area contributed by atoms with Crippen LogP contribution >= 0.6 is 11.3 Å². The van der Waals surface area contributed by atoms with E-state index in [0.717, 1.165) is 0 Å². The molecule has 0 aliphatic rings. The number of thiazole rings is 1. The van der Waals surface area contributed by atoms with E-state index in [0.29, 0.717) is 5.69 Å². The number of nitrogens with two attached hydrogens (primary N) is 1. The van der Waals surface area contributed by atoms with E-state index >= 15 is 0 Å². The number of imidazole rings is 1. The zero-order chi connectivity index (χ0) is 13.3. The summed E-state index contributed by atoms with van der Waals surface area (Å²) in [6.07, 6.45) is 1.37. The standard InChI is InChI=1S/C9H13N5O2S2/c1-13-5-11-8(10)9(13)18(15,16)14(2)3-7-4-17-6-12-7/h4-6H,3,10H2,1-2H3. The lowest BCUT2D eigenvalue weighted by molar-refractivity contribution is 0.457. The summed E-state index contributed by atoms with van der Waals surface area (Å²) in [4.78, 5) is 7.84. The fourth-order valence-electron chi connectivity index (χ4n) is 1.53. The molecule has 0 amide bonds. The lowest BCUT2D eigenvalue weighted by Crippen LogP contribution is -2.28. The van der Waals surface area contributed by atoms with E-state index in [2.05, 4.69) is 9.97 Å². The van der Waals surface area contributed by atoms with Gasteiger partial charge in [-0.1, -0.05) is 0 Å². The molecule has 0 aliphatic carbocycles. The molecule has 0 spiro atoms. The lowest BCUT2D eigenvalue weighted by Gasteiger charge is -2.16. The number of nitrogens with zero attached hydrogens (tertiary/aromatic N) is 4. The Morgan fingerprint density at radius 2 is 2.22 bits per heavy atom. The highest BCUT2D eigenvalue weighted by molar-refractivity contribution is 7.89. The molecule has 0 saturated heterocycles. The van der Waals surface area contributed by atoms with Gasteiger partial charge in [0.05, 0.1) is 24.1 Å². The summed E-state index contributed by atoms with van der Waals surface area (Å²) in [6, 6.07) is 0. The zero-order valence-corrected chi connectivity index (χ0v) is 11.6. The molecule has 0 unspecified atom stereocenters. The van der Waals surface area contributed by atoms with E-state index < -0.39 is 10.0 Å². The van der Waals surface area contributed by atoms with E-state index in [1.807, 2.05) is 0 Å². The molecule has 9 heteroatoms. The van der Waals surface area contributed by atoms with Crippen LogP contribution in [0.5, 0.6) is 0 Å². The van der Waals surface area contributed by atoms with Gasteiger partial charge >= 0.3 is 0 Å². The van der Waals surface area contributed by atoms with Crippen LogP contribution in [0.25, 0.3) is 0 Å². The topological polar surface area (TPSA) is 94.1 Å². The third-order valence-corrected chi connectivity index (χ3v) is 5.00. The molecular formula is C9H13N5O2S2. The minimum atomic E-state index is -3.66. The minimum Gasteiger partial charge on any atom is -0.381 e. The number of hydrogen-bond donors (Lipinski definition) is 1. The Labute approximate surface area is 109 Å². The molecule has 0 radical (unpaired) electrons. The molecule has 18 heavy (non-hydrogen) atoms. The highest BCUT2D eigenvalue weighted by atomic mass is 32.2. The number of hydrogen-bond acceptors (Lipinski definition) is 6. The second-order valence-corrected chi connectivity index (χ2v) is 6.47. The summed E-state index contributed by atoms with van der Waals surface area (Å²) in [6.45, 7) is 0.205. The van der Waals surface area contributed by atoms with Crippen LogP contribution in [-0.4, -0.2) is 34.3 Å². The van der Waals surface area contributed by atoms with Gasteiger partial charge < -0.3 is 10.3 Å². The first-order chi connectivity index (χ1) is 8.43. The Kier molecular flexibility index (Phi) is 3.37. The fourth-order valence-corrected chi connectivity index (χ4v) is 3.40. The maximum Gasteiger partial charge on any atom is 0.262 e. The van der Waals surface area contributed by atoms with Crippen LogP contribution < -0.4 is 5.73 Å². The Balaban J connectivity index is 2.32.